The predicted molar refractivity (Wildman–Crippen MR) is 118 cm³/mol. The molecule has 3 rings (SSSR count). The lowest BCUT2D eigenvalue weighted by atomic mass is 10.00. The molecule has 1 aromatic heterocycles. The third-order valence-electron chi connectivity index (χ3n) is 5.16. The molecule has 2 aromatic rings. The van der Waals surface area contributed by atoms with E-state index in [9.17, 15) is 9.59 Å². The third-order valence-corrected chi connectivity index (χ3v) is 5.59. The van der Waals surface area contributed by atoms with Gasteiger partial charge in [-0.3, -0.25) is 9.59 Å². The van der Waals surface area contributed by atoms with Crippen molar-refractivity contribution in [1.82, 2.24) is 14.5 Å². The standard InChI is InChI=1S/C22H27Cl2N3O4/c1-4-30-21(28)19(5-14(2)3)27-13-31-22(29)20(27)9-18-10-25-12-26(18)11-15-6-16(23)8-17(24)7-15/h6-8,10,12,14,19-20H,4-5,9,11,13H2,1-3H3/t19-,20-/m0/s1. The minimum atomic E-state index is -0.591. The summed E-state index contributed by atoms with van der Waals surface area (Å²) in [5.74, 6) is -0.429. The maximum Gasteiger partial charge on any atom is 0.325 e. The summed E-state index contributed by atoms with van der Waals surface area (Å²) >= 11 is 12.2. The van der Waals surface area contributed by atoms with E-state index in [2.05, 4.69) is 4.98 Å². The summed E-state index contributed by atoms with van der Waals surface area (Å²) in [6.07, 6.45) is 4.36. The fourth-order valence-corrected chi connectivity index (χ4v) is 4.35. The first kappa shape index (κ1) is 23.6. The van der Waals surface area contributed by atoms with Gasteiger partial charge in [-0.15, -0.1) is 0 Å². The van der Waals surface area contributed by atoms with Gasteiger partial charge in [-0.25, -0.2) is 9.88 Å². The molecule has 2 heterocycles. The summed E-state index contributed by atoms with van der Waals surface area (Å²) < 4.78 is 12.5. The maximum atomic E-state index is 12.6. The number of rotatable bonds is 9. The molecule has 0 amide bonds. The van der Waals surface area contributed by atoms with Crippen LogP contribution in [-0.2, 0) is 32.0 Å². The largest absolute Gasteiger partial charge is 0.465 e. The van der Waals surface area contributed by atoms with Crippen LogP contribution in [0.4, 0.5) is 0 Å². The van der Waals surface area contributed by atoms with E-state index in [1.54, 1.807) is 30.4 Å². The number of carbonyl (C=O) groups is 2. The fourth-order valence-electron chi connectivity index (χ4n) is 3.78. The molecule has 0 N–H and O–H groups in total. The zero-order valence-corrected chi connectivity index (χ0v) is 19.4. The number of esters is 2. The molecule has 1 aliphatic heterocycles. The number of hydrogen-bond donors (Lipinski definition) is 0. The number of halogens is 2. The van der Waals surface area contributed by atoms with Crippen molar-refractivity contribution in [2.75, 3.05) is 13.3 Å². The highest BCUT2D eigenvalue weighted by Gasteiger charge is 2.42. The Balaban J connectivity index is 1.81. The monoisotopic (exact) mass is 467 g/mol. The second-order valence-electron chi connectivity index (χ2n) is 8.01. The van der Waals surface area contributed by atoms with Crippen molar-refractivity contribution in [2.45, 2.75) is 52.2 Å². The highest BCUT2D eigenvalue weighted by atomic mass is 35.5. The Morgan fingerprint density at radius 2 is 2.00 bits per heavy atom. The van der Waals surface area contributed by atoms with Gasteiger partial charge in [0.1, 0.15) is 18.8 Å². The lowest BCUT2D eigenvalue weighted by molar-refractivity contribution is -0.151. The number of aromatic nitrogens is 2. The number of carbonyl (C=O) groups excluding carboxylic acids is 2. The number of cyclic esters (lactones) is 1. The van der Waals surface area contributed by atoms with E-state index in [-0.39, 0.29) is 31.2 Å². The number of nitrogens with zero attached hydrogens (tertiary/aromatic N) is 3. The molecule has 0 aliphatic carbocycles. The Kier molecular flexibility index (Phi) is 7.97. The summed E-state index contributed by atoms with van der Waals surface area (Å²) in [4.78, 5) is 31.2. The summed E-state index contributed by atoms with van der Waals surface area (Å²) in [6, 6.07) is 4.23. The lowest BCUT2D eigenvalue weighted by Crippen LogP contribution is -2.48. The Bertz CT molecular complexity index is 911. The van der Waals surface area contributed by atoms with E-state index in [4.69, 9.17) is 32.7 Å². The molecule has 2 atom stereocenters. The summed E-state index contributed by atoms with van der Waals surface area (Å²) in [6.45, 7) is 6.70. The van der Waals surface area contributed by atoms with Crippen LogP contribution in [0.25, 0.3) is 0 Å². The summed E-state index contributed by atoms with van der Waals surface area (Å²) in [7, 11) is 0. The number of hydrogen-bond acceptors (Lipinski definition) is 6. The molecule has 7 nitrogen and oxygen atoms in total. The van der Waals surface area contributed by atoms with Gasteiger partial charge in [0.2, 0.25) is 0 Å². The fraction of sp³-hybridized carbons (Fsp3) is 0.500. The second-order valence-corrected chi connectivity index (χ2v) is 8.89. The molecule has 0 bridgehead atoms. The lowest BCUT2D eigenvalue weighted by Gasteiger charge is -2.29. The maximum absolute atomic E-state index is 12.6. The molecular weight excluding hydrogens is 441 g/mol. The number of imidazole rings is 1. The molecular formula is C22H27Cl2N3O4. The first-order valence-corrected chi connectivity index (χ1v) is 11.1. The topological polar surface area (TPSA) is 73.7 Å². The smallest absolute Gasteiger partial charge is 0.325 e. The van der Waals surface area contributed by atoms with Crippen LogP contribution >= 0.6 is 23.2 Å². The van der Waals surface area contributed by atoms with Crippen LogP contribution in [-0.4, -0.2) is 51.8 Å². The molecule has 31 heavy (non-hydrogen) atoms. The quantitative estimate of drug-likeness (QED) is 0.519. The van der Waals surface area contributed by atoms with Crippen molar-refractivity contribution >= 4 is 35.1 Å². The summed E-state index contributed by atoms with van der Waals surface area (Å²) in [5, 5.41) is 1.11. The van der Waals surface area contributed by atoms with E-state index >= 15 is 0 Å². The van der Waals surface area contributed by atoms with Crippen molar-refractivity contribution < 1.29 is 19.1 Å². The average Bonchev–Trinajstić information content (AvgIpc) is 3.26. The van der Waals surface area contributed by atoms with E-state index in [1.165, 1.54) is 0 Å². The molecule has 1 aliphatic rings. The van der Waals surface area contributed by atoms with Gasteiger partial charge in [-0.2, -0.15) is 0 Å². The van der Waals surface area contributed by atoms with Gasteiger partial charge < -0.3 is 14.0 Å². The molecule has 0 unspecified atom stereocenters. The highest BCUT2D eigenvalue weighted by molar-refractivity contribution is 6.34. The first-order chi connectivity index (χ1) is 14.8. The van der Waals surface area contributed by atoms with Crippen molar-refractivity contribution in [3.63, 3.8) is 0 Å². The van der Waals surface area contributed by atoms with Gasteiger partial charge in [0.15, 0.2) is 0 Å². The first-order valence-electron chi connectivity index (χ1n) is 10.3. The van der Waals surface area contributed by atoms with Crippen molar-refractivity contribution in [3.8, 4) is 0 Å². The average molecular weight is 468 g/mol. The normalized spacial score (nSPS) is 17.7. The van der Waals surface area contributed by atoms with Gasteiger partial charge in [-0.05, 0) is 43.0 Å². The van der Waals surface area contributed by atoms with Crippen LogP contribution in [0.5, 0.6) is 0 Å². The van der Waals surface area contributed by atoms with E-state index < -0.39 is 12.1 Å². The zero-order chi connectivity index (χ0) is 22.5. The minimum Gasteiger partial charge on any atom is -0.465 e. The van der Waals surface area contributed by atoms with Crippen LogP contribution in [0.15, 0.2) is 30.7 Å². The van der Waals surface area contributed by atoms with E-state index in [1.807, 2.05) is 30.5 Å². The molecule has 168 valence electrons. The van der Waals surface area contributed by atoms with E-state index in [0.717, 1.165) is 11.3 Å². The molecule has 1 saturated heterocycles. The van der Waals surface area contributed by atoms with Crippen molar-refractivity contribution in [3.05, 3.63) is 52.0 Å². The molecule has 0 radical (unpaired) electrons. The molecule has 9 heteroatoms. The van der Waals surface area contributed by atoms with Crippen LogP contribution in [0, 0.1) is 5.92 Å². The Morgan fingerprint density at radius 3 is 2.65 bits per heavy atom. The molecule has 0 spiro atoms. The van der Waals surface area contributed by atoms with Crippen LogP contribution < -0.4 is 0 Å². The van der Waals surface area contributed by atoms with Crippen LogP contribution in [0.2, 0.25) is 10.0 Å². The van der Waals surface area contributed by atoms with E-state index in [0.29, 0.717) is 29.4 Å². The summed E-state index contributed by atoms with van der Waals surface area (Å²) in [5.41, 5.74) is 1.77. The molecule has 0 saturated carbocycles. The Hall–Kier alpha value is -2.09. The number of ether oxygens (including phenoxy) is 2. The van der Waals surface area contributed by atoms with Crippen molar-refractivity contribution in [2.24, 2.45) is 5.92 Å². The third kappa shape index (κ3) is 5.99. The minimum absolute atomic E-state index is 0.0672. The second kappa shape index (κ2) is 10.5. The molecule has 1 fully saturated rings. The number of benzene rings is 1. The Morgan fingerprint density at radius 1 is 1.29 bits per heavy atom. The van der Waals surface area contributed by atoms with Gasteiger partial charge >= 0.3 is 11.9 Å². The Labute approximate surface area is 192 Å². The van der Waals surface area contributed by atoms with Gasteiger partial charge in [0.25, 0.3) is 0 Å². The predicted octanol–water partition coefficient (Wildman–Crippen LogP) is 3.94. The SMILES string of the molecule is CCOC(=O)[C@H](CC(C)C)N1COC(=O)[C@@H]1Cc1cncn1Cc1cc(Cl)cc(Cl)c1. The van der Waals surface area contributed by atoms with Gasteiger partial charge in [0.05, 0.1) is 12.9 Å². The van der Waals surface area contributed by atoms with Gasteiger partial charge in [-0.1, -0.05) is 37.0 Å². The van der Waals surface area contributed by atoms with Crippen LogP contribution in [0.1, 0.15) is 38.4 Å². The molecule has 1 aromatic carbocycles. The highest BCUT2D eigenvalue weighted by Crippen LogP contribution is 2.25. The zero-order valence-electron chi connectivity index (χ0n) is 17.9. The van der Waals surface area contributed by atoms with Gasteiger partial charge in [0, 0.05) is 34.9 Å². The van der Waals surface area contributed by atoms with Crippen molar-refractivity contribution in [1.29, 1.82) is 0 Å². The van der Waals surface area contributed by atoms with Crippen LogP contribution in [0.3, 0.4) is 0 Å².